The van der Waals surface area contributed by atoms with Gasteiger partial charge in [-0.1, -0.05) is 18.2 Å². The highest BCUT2D eigenvalue weighted by Gasteiger charge is 2.08. The van der Waals surface area contributed by atoms with Crippen LogP contribution in [0.3, 0.4) is 0 Å². The van der Waals surface area contributed by atoms with E-state index in [1.165, 1.54) is 0 Å². The number of ether oxygens (including phenoxy) is 1. The highest BCUT2D eigenvalue weighted by atomic mass is 35.5. The van der Waals surface area contributed by atoms with Gasteiger partial charge >= 0.3 is 0 Å². The summed E-state index contributed by atoms with van der Waals surface area (Å²) in [6, 6.07) is 7.05. The molecule has 0 radical (unpaired) electrons. The zero-order valence-corrected chi connectivity index (χ0v) is 8.25. The molecule has 13 heavy (non-hydrogen) atoms. The zero-order valence-electron chi connectivity index (χ0n) is 7.43. The Morgan fingerprint density at radius 2 is 2.08 bits per heavy atom. The summed E-state index contributed by atoms with van der Waals surface area (Å²) < 4.78 is 5.08. The maximum atomic E-state index is 8.83. The summed E-state index contributed by atoms with van der Waals surface area (Å²) in [5.74, 6) is 0.721. The number of hydrogen-bond acceptors (Lipinski definition) is 3. The summed E-state index contributed by atoms with van der Waals surface area (Å²) in [4.78, 5) is 0. The van der Waals surface area contributed by atoms with Crippen LogP contribution in [-0.2, 0) is 0 Å². The van der Waals surface area contributed by atoms with E-state index in [1.807, 2.05) is 24.3 Å². The third kappa shape index (κ3) is 2.88. The first-order valence-corrected chi connectivity index (χ1v) is 3.79. The fourth-order valence-electron chi connectivity index (χ4n) is 1.07. The van der Waals surface area contributed by atoms with Crippen LogP contribution in [0.15, 0.2) is 24.3 Å². The van der Waals surface area contributed by atoms with E-state index in [9.17, 15) is 0 Å². The molecule has 0 heterocycles. The fourth-order valence-corrected chi connectivity index (χ4v) is 1.07. The molecule has 4 heteroatoms. The number of halogens is 1. The van der Waals surface area contributed by atoms with Crippen LogP contribution in [0.5, 0.6) is 5.75 Å². The number of rotatable bonds is 3. The van der Waals surface area contributed by atoms with Gasteiger partial charge in [-0.15, -0.1) is 12.4 Å². The average Bonchev–Trinajstić information content (AvgIpc) is 2.16. The highest BCUT2D eigenvalue weighted by molar-refractivity contribution is 5.85. The Bertz CT molecular complexity index is 255. The maximum Gasteiger partial charge on any atom is 0.123 e. The number of hydrogen-bond donors (Lipinski definition) is 2. The van der Waals surface area contributed by atoms with Crippen molar-refractivity contribution in [3.05, 3.63) is 29.8 Å². The average molecular weight is 204 g/mol. The number of nitrogens with two attached hydrogens (primary N) is 1. The lowest BCUT2D eigenvalue weighted by Crippen LogP contribution is -2.15. The number of methoxy groups -OCH3 is 1. The van der Waals surface area contributed by atoms with E-state index in [1.54, 1.807) is 7.11 Å². The first kappa shape index (κ1) is 12.2. The molecule has 0 saturated carbocycles. The standard InChI is InChI=1S/C9H13NO2.ClH/c1-12-9-5-3-2-4-7(9)8(10)6-11;/h2-5,8,11H,6,10H2,1H3;1H/t8-;/m0./s1. The number of aliphatic hydroxyl groups is 1. The lowest BCUT2D eigenvalue weighted by atomic mass is 10.1. The molecule has 3 nitrogen and oxygen atoms in total. The van der Waals surface area contributed by atoms with Crippen LogP contribution in [0.25, 0.3) is 0 Å². The van der Waals surface area contributed by atoms with Crippen LogP contribution in [-0.4, -0.2) is 18.8 Å². The summed E-state index contributed by atoms with van der Waals surface area (Å²) in [6.07, 6.45) is 0. The van der Waals surface area contributed by atoms with Crippen molar-refractivity contribution >= 4 is 12.4 Å². The van der Waals surface area contributed by atoms with Gasteiger partial charge in [0, 0.05) is 5.56 Å². The first-order valence-electron chi connectivity index (χ1n) is 3.79. The molecule has 1 rings (SSSR count). The summed E-state index contributed by atoms with van der Waals surface area (Å²) in [7, 11) is 1.59. The van der Waals surface area contributed by atoms with Crippen LogP contribution < -0.4 is 10.5 Å². The van der Waals surface area contributed by atoms with E-state index in [0.29, 0.717) is 0 Å². The number of aliphatic hydroxyl groups excluding tert-OH is 1. The van der Waals surface area contributed by atoms with E-state index < -0.39 is 0 Å². The van der Waals surface area contributed by atoms with E-state index in [-0.39, 0.29) is 25.1 Å². The van der Waals surface area contributed by atoms with Crippen molar-refractivity contribution in [3.63, 3.8) is 0 Å². The summed E-state index contributed by atoms with van der Waals surface area (Å²) >= 11 is 0. The quantitative estimate of drug-likeness (QED) is 0.774. The lowest BCUT2D eigenvalue weighted by Gasteiger charge is -2.12. The third-order valence-corrected chi connectivity index (χ3v) is 1.74. The smallest absolute Gasteiger partial charge is 0.123 e. The molecule has 74 valence electrons. The van der Waals surface area contributed by atoms with Crippen molar-refractivity contribution in [2.45, 2.75) is 6.04 Å². The minimum absolute atomic E-state index is 0. The molecule has 1 aromatic rings. The molecule has 1 atom stereocenters. The molecule has 0 aliphatic rings. The Kier molecular flexibility index (Phi) is 5.46. The maximum absolute atomic E-state index is 8.83. The normalized spacial score (nSPS) is 11.6. The van der Waals surface area contributed by atoms with Crippen molar-refractivity contribution < 1.29 is 9.84 Å². The lowest BCUT2D eigenvalue weighted by molar-refractivity contribution is 0.264. The molecule has 1 aromatic carbocycles. The predicted molar refractivity (Wildman–Crippen MR) is 54.3 cm³/mol. The zero-order chi connectivity index (χ0) is 8.97. The number of benzene rings is 1. The molecular formula is C9H14ClNO2. The van der Waals surface area contributed by atoms with Crippen LogP contribution in [0.2, 0.25) is 0 Å². The van der Waals surface area contributed by atoms with E-state index in [4.69, 9.17) is 15.6 Å². The summed E-state index contributed by atoms with van der Waals surface area (Å²) in [5, 5.41) is 8.83. The van der Waals surface area contributed by atoms with Gasteiger partial charge in [0.2, 0.25) is 0 Å². The third-order valence-electron chi connectivity index (χ3n) is 1.74. The van der Waals surface area contributed by atoms with Gasteiger partial charge in [0.1, 0.15) is 5.75 Å². The molecular weight excluding hydrogens is 190 g/mol. The second-order valence-corrected chi connectivity index (χ2v) is 2.53. The minimum Gasteiger partial charge on any atom is -0.496 e. The molecule has 0 aromatic heterocycles. The topological polar surface area (TPSA) is 55.5 Å². The largest absolute Gasteiger partial charge is 0.496 e. The molecule has 0 amide bonds. The second-order valence-electron chi connectivity index (χ2n) is 2.53. The van der Waals surface area contributed by atoms with Crippen molar-refractivity contribution in [1.82, 2.24) is 0 Å². The molecule has 0 aliphatic heterocycles. The van der Waals surface area contributed by atoms with Gasteiger partial charge < -0.3 is 15.6 Å². The highest BCUT2D eigenvalue weighted by Crippen LogP contribution is 2.22. The van der Waals surface area contributed by atoms with Gasteiger partial charge in [-0.2, -0.15) is 0 Å². The molecule has 0 spiro atoms. The Labute approximate surface area is 83.9 Å². The fraction of sp³-hybridized carbons (Fsp3) is 0.333. The van der Waals surface area contributed by atoms with Crippen LogP contribution in [0.1, 0.15) is 11.6 Å². The Morgan fingerprint density at radius 1 is 1.46 bits per heavy atom. The van der Waals surface area contributed by atoms with E-state index in [2.05, 4.69) is 0 Å². The van der Waals surface area contributed by atoms with Gasteiger partial charge in [0.25, 0.3) is 0 Å². The Hall–Kier alpha value is -0.770. The first-order chi connectivity index (χ1) is 5.79. The minimum atomic E-state index is -0.360. The molecule has 0 saturated heterocycles. The van der Waals surface area contributed by atoms with E-state index in [0.717, 1.165) is 11.3 Å². The van der Waals surface area contributed by atoms with Crippen molar-refractivity contribution in [2.24, 2.45) is 5.73 Å². The summed E-state index contributed by atoms with van der Waals surface area (Å²) in [5.41, 5.74) is 6.48. The van der Waals surface area contributed by atoms with Gasteiger partial charge in [-0.3, -0.25) is 0 Å². The summed E-state index contributed by atoms with van der Waals surface area (Å²) in [6.45, 7) is -0.0691. The van der Waals surface area contributed by atoms with Crippen LogP contribution in [0, 0.1) is 0 Å². The Morgan fingerprint density at radius 3 is 2.62 bits per heavy atom. The van der Waals surface area contributed by atoms with Gasteiger partial charge in [0.15, 0.2) is 0 Å². The van der Waals surface area contributed by atoms with Gasteiger partial charge in [-0.05, 0) is 6.07 Å². The van der Waals surface area contributed by atoms with Crippen molar-refractivity contribution in [3.8, 4) is 5.75 Å². The SMILES string of the molecule is COc1ccccc1[C@@H](N)CO.Cl. The molecule has 0 bridgehead atoms. The Balaban J connectivity index is 0.00000144. The number of para-hydroxylation sites is 1. The van der Waals surface area contributed by atoms with Gasteiger partial charge in [0.05, 0.1) is 19.8 Å². The molecule has 0 fully saturated rings. The van der Waals surface area contributed by atoms with Crippen molar-refractivity contribution in [2.75, 3.05) is 13.7 Å². The monoisotopic (exact) mass is 203 g/mol. The van der Waals surface area contributed by atoms with Crippen LogP contribution in [0.4, 0.5) is 0 Å². The van der Waals surface area contributed by atoms with E-state index >= 15 is 0 Å². The van der Waals surface area contributed by atoms with Crippen LogP contribution >= 0.6 is 12.4 Å². The van der Waals surface area contributed by atoms with Gasteiger partial charge in [-0.25, -0.2) is 0 Å². The molecule has 0 aliphatic carbocycles. The second kappa shape index (κ2) is 5.80. The molecule has 0 unspecified atom stereocenters. The predicted octanol–water partition coefficient (Wildman–Crippen LogP) is 1.11. The van der Waals surface area contributed by atoms with Crippen molar-refractivity contribution in [1.29, 1.82) is 0 Å². The molecule has 3 N–H and O–H groups in total.